The standard InChI is InChI=1S/C21H19N3O3S/c1-13(20-22-16-9-5-6-10-17(16)28-20)23(2)19(26)12-24-18(25)11-14-7-3-4-8-15(14)21(24)27/h3-10,13H,11-12H2,1-2H3/t13-/m1/s1. The highest BCUT2D eigenvalue weighted by molar-refractivity contribution is 7.18. The normalized spacial score (nSPS) is 14.9. The van der Waals surface area contributed by atoms with E-state index in [9.17, 15) is 14.4 Å². The van der Waals surface area contributed by atoms with E-state index in [0.717, 1.165) is 20.1 Å². The molecule has 142 valence electrons. The summed E-state index contributed by atoms with van der Waals surface area (Å²) < 4.78 is 1.06. The maximum Gasteiger partial charge on any atom is 0.261 e. The maximum absolute atomic E-state index is 12.8. The van der Waals surface area contributed by atoms with Crippen LogP contribution >= 0.6 is 11.3 Å². The minimum Gasteiger partial charge on any atom is -0.335 e. The van der Waals surface area contributed by atoms with E-state index in [0.29, 0.717) is 11.1 Å². The Labute approximate surface area is 166 Å². The number of amides is 3. The van der Waals surface area contributed by atoms with Gasteiger partial charge >= 0.3 is 0 Å². The van der Waals surface area contributed by atoms with Crippen molar-refractivity contribution in [1.82, 2.24) is 14.8 Å². The monoisotopic (exact) mass is 393 g/mol. The number of carbonyl (C=O) groups excluding carboxylic acids is 3. The first-order valence-electron chi connectivity index (χ1n) is 8.99. The molecule has 0 unspecified atom stereocenters. The van der Waals surface area contributed by atoms with Gasteiger partial charge in [-0.2, -0.15) is 0 Å². The van der Waals surface area contributed by atoms with Gasteiger partial charge in [-0.05, 0) is 30.7 Å². The molecule has 3 amide bonds. The molecule has 7 heteroatoms. The molecule has 2 aromatic carbocycles. The van der Waals surface area contributed by atoms with E-state index in [-0.39, 0.29) is 30.8 Å². The summed E-state index contributed by atoms with van der Waals surface area (Å²) >= 11 is 1.54. The lowest BCUT2D eigenvalue weighted by Crippen LogP contribution is -2.48. The van der Waals surface area contributed by atoms with Crippen LogP contribution in [0.5, 0.6) is 0 Å². The van der Waals surface area contributed by atoms with Gasteiger partial charge in [0.05, 0.1) is 22.7 Å². The third kappa shape index (κ3) is 3.18. The van der Waals surface area contributed by atoms with Gasteiger partial charge in [-0.15, -0.1) is 11.3 Å². The minimum absolute atomic E-state index is 0.131. The summed E-state index contributed by atoms with van der Waals surface area (Å²) in [5, 5.41) is 0.818. The van der Waals surface area contributed by atoms with Crippen molar-refractivity contribution >= 4 is 39.3 Å². The molecule has 0 spiro atoms. The van der Waals surface area contributed by atoms with Gasteiger partial charge in [0.15, 0.2) is 0 Å². The Hall–Kier alpha value is -3.06. The van der Waals surface area contributed by atoms with E-state index in [1.807, 2.05) is 31.2 Å². The maximum atomic E-state index is 12.8. The number of fused-ring (bicyclic) bond motifs is 2. The van der Waals surface area contributed by atoms with Crippen molar-refractivity contribution in [2.45, 2.75) is 19.4 Å². The molecule has 0 saturated carbocycles. The summed E-state index contributed by atoms with van der Waals surface area (Å²) in [5.41, 5.74) is 2.09. The smallest absolute Gasteiger partial charge is 0.261 e. The van der Waals surface area contributed by atoms with E-state index < -0.39 is 5.91 Å². The third-order valence-corrected chi connectivity index (χ3v) is 6.28. The molecule has 1 aliphatic heterocycles. The van der Waals surface area contributed by atoms with Crippen molar-refractivity contribution in [3.05, 3.63) is 64.7 Å². The zero-order valence-electron chi connectivity index (χ0n) is 15.6. The number of para-hydroxylation sites is 1. The van der Waals surface area contributed by atoms with Crippen LogP contribution in [-0.4, -0.2) is 46.1 Å². The fourth-order valence-electron chi connectivity index (χ4n) is 3.26. The molecule has 2 heterocycles. The molecule has 1 aromatic heterocycles. The second kappa shape index (κ2) is 7.16. The van der Waals surface area contributed by atoms with Crippen LogP contribution in [0.25, 0.3) is 10.2 Å². The van der Waals surface area contributed by atoms with E-state index in [4.69, 9.17) is 0 Å². The zero-order valence-corrected chi connectivity index (χ0v) is 16.4. The lowest BCUT2D eigenvalue weighted by molar-refractivity contribution is -0.138. The molecule has 0 bridgehead atoms. The Morgan fingerprint density at radius 2 is 1.89 bits per heavy atom. The molecule has 3 aromatic rings. The number of nitrogens with zero attached hydrogens (tertiary/aromatic N) is 3. The van der Waals surface area contributed by atoms with E-state index in [1.165, 1.54) is 11.3 Å². The molecule has 0 saturated heterocycles. The van der Waals surface area contributed by atoms with Crippen LogP contribution in [0.4, 0.5) is 0 Å². The first-order valence-corrected chi connectivity index (χ1v) is 9.81. The number of hydrogen-bond acceptors (Lipinski definition) is 5. The van der Waals surface area contributed by atoms with Crippen molar-refractivity contribution in [3.8, 4) is 0 Å². The summed E-state index contributed by atoms with van der Waals surface area (Å²) in [6.45, 7) is 1.63. The number of rotatable bonds is 4. The van der Waals surface area contributed by atoms with Crippen LogP contribution in [0.3, 0.4) is 0 Å². The van der Waals surface area contributed by atoms with Gasteiger partial charge in [0.2, 0.25) is 11.8 Å². The number of imide groups is 1. The average Bonchev–Trinajstić information content (AvgIpc) is 3.14. The minimum atomic E-state index is -0.416. The van der Waals surface area contributed by atoms with E-state index in [1.54, 1.807) is 36.2 Å². The van der Waals surface area contributed by atoms with E-state index >= 15 is 0 Å². The van der Waals surface area contributed by atoms with Gasteiger partial charge in [0.1, 0.15) is 11.6 Å². The predicted molar refractivity (Wildman–Crippen MR) is 107 cm³/mol. The van der Waals surface area contributed by atoms with Gasteiger partial charge in [-0.25, -0.2) is 4.98 Å². The average molecular weight is 393 g/mol. The quantitative estimate of drug-likeness (QED) is 0.639. The Bertz CT molecular complexity index is 1060. The number of likely N-dealkylation sites (N-methyl/N-ethyl adjacent to an activating group) is 1. The van der Waals surface area contributed by atoms with Crippen molar-refractivity contribution in [2.24, 2.45) is 0 Å². The molecule has 0 fully saturated rings. The highest BCUT2D eigenvalue weighted by atomic mass is 32.1. The van der Waals surface area contributed by atoms with Gasteiger partial charge in [0.25, 0.3) is 5.91 Å². The lowest BCUT2D eigenvalue weighted by atomic mass is 9.98. The fraction of sp³-hybridized carbons (Fsp3) is 0.238. The van der Waals surface area contributed by atoms with E-state index in [2.05, 4.69) is 4.98 Å². The number of benzene rings is 2. The first-order chi connectivity index (χ1) is 13.5. The molecule has 1 atom stereocenters. The topological polar surface area (TPSA) is 70.6 Å². The first kappa shape index (κ1) is 18.3. The molecule has 0 aliphatic carbocycles. The van der Waals surface area contributed by atoms with Crippen LogP contribution in [-0.2, 0) is 16.0 Å². The van der Waals surface area contributed by atoms with Gasteiger partial charge < -0.3 is 4.90 Å². The van der Waals surface area contributed by atoms with Gasteiger partial charge in [-0.3, -0.25) is 19.3 Å². The SMILES string of the molecule is C[C@H](c1nc2ccccc2s1)N(C)C(=O)CN1C(=O)Cc2ccccc2C1=O. The Kier molecular flexibility index (Phi) is 4.68. The number of aromatic nitrogens is 1. The molecule has 28 heavy (non-hydrogen) atoms. The molecular weight excluding hydrogens is 374 g/mol. The van der Waals surface area contributed by atoms with Crippen molar-refractivity contribution in [3.63, 3.8) is 0 Å². The zero-order chi connectivity index (χ0) is 19.8. The molecule has 0 radical (unpaired) electrons. The fourth-order valence-corrected chi connectivity index (χ4v) is 4.32. The summed E-state index contributed by atoms with van der Waals surface area (Å²) in [4.78, 5) is 45.1. The van der Waals surface area contributed by atoms with Gasteiger partial charge in [-0.1, -0.05) is 30.3 Å². The number of carbonyl (C=O) groups is 3. The molecule has 0 N–H and O–H groups in total. The summed E-state index contributed by atoms with van der Waals surface area (Å²) in [7, 11) is 1.67. The number of hydrogen-bond donors (Lipinski definition) is 0. The van der Waals surface area contributed by atoms with Crippen LogP contribution in [0, 0.1) is 0 Å². The Morgan fingerprint density at radius 1 is 1.18 bits per heavy atom. The van der Waals surface area contributed by atoms with Crippen LogP contribution in [0.1, 0.15) is 33.9 Å². The second-order valence-corrected chi connectivity index (χ2v) is 7.88. The van der Waals surface area contributed by atoms with Crippen molar-refractivity contribution in [1.29, 1.82) is 0 Å². The summed E-state index contributed by atoms with van der Waals surface area (Å²) in [6, 6.07) is 14.6. The van der Waals surface area contributed by atoms with Crippen LogP contribution < -0.4 is 0 Å². The van der Waals surface area contributed by atoms with Gasteiger partial charge in [0, 0.05) is 12.6 Å². The van der Waals surface area contributed by atoms with Crippen molar-refractivity contribution < 1.29 is 14.4 Å². The second-order valence-electron chi connectivity index (χ2n) is 6.82. The number of thiazole rings is 1. The highest BCUT2D eigenvalue weighted by Crippen LogP contribution is 2.29. The summed E-state index contributed by atoms with van der Waals surface area (Å²) in [5.74, 6) is -1.06. The van der Waals surface area contributed by atoms with Crippen LogP contribution in [0.15, 0.2) is 48.5 Å². The molecule has 4 rings (SSSR count). The molecular formula is C21H19N3O3S. The third-order valence-electron chi connectivity index (χ3n) is 5.07. The highest BCUT2D eigenvalue weighted by Gasteiger charge is 2.33. The molecule has 6 nitrogen and oxygen atoms in total. The summed E-state index contributed by atoms with van der Waals surface area (Å²) in [6.07, 6.45) is 0.131. The largest absolute Gasteiger partial charge is 0.335 e. The van der Waals surface area contributed by atoms with Crippen LogP contribution in [0.2, 0.25) is 0 Å². The predicted octanol–water partition coefficient (Wildman–Crippen LogP) is 3.04. The molecule has 1 aliphatic rings. The van der Waals surface area contributed by atoms with Crippen molar-refractivity contribution in [2.75, 3.05) is 13.6 Å². The Balaban J connectivity index is 1.51. The Morgan fingerprint density at radius 3 is 2.68 bits per heavy atom. The lowest BCUT2D eigenvalue weighted by Gasteiger charge is -2.29.